The molecule has 0 fully saturated rings. The largest absolute Gasteiger partial charge is 0.480 e. The lowest BCUT2D eigenvalue weighted by Gasteiger charge is -2.21. The van der Waals surface area contributed by atoms with Crippen LogP contribution in [-0.2, 0) is 36.8 Å². The highest BCUT2D eigenvalue weighted by Crippen LogP contribution is 2.06. The fourth-order valence-corrected chi connectivity index (χ4v) is 3.29. The molecule has 10 heteroatoms. The maximum Gasteiger partial charge on any atom is 0.326 e. The standard InChI is InChI=1S/C25H30N4O6/c26-21(30)13-12-19(25(34)35)29-24(33)20(15-18-9-5-2-6-10-18)28-23(32)16-27-22(31)14-11-17-7-3-1-4-8-17/h1-10,19-20H,11-16H2,(H2,26,30)(H,27,31)(H,28,32)(H,29,33)(H,34,35)/t19-,20-/m0/s1. The molecule has 0 aromatic heterocycles. The molecule has 2 rings (SSSR count). The molecular formula is C25H30N4O6. The van der Waals surface area contributed by atoms with E-state index in [4.69, 9.17) is 5.73 Å². The summed E-state index contributed by atoms with van der Waals surface area (Å²) in [6.45, 7) is -0.337. The van der Waals surface area contributed by atoms with E-state index in [2.05, 4.69) is 16.0 Å². The van der Waals surface area contributed by atoms with Crippen LogP contribution in [0, 0.1) is 0 Å². The number of nitrogens with two attached hydrogens (primary N) is 1. The van der Waals surface area contributed by atoms with Gasteiger partial charge in [0.05, 0.1) is 6.54 Å². The van der Waals surface area contributed by atoms with E-state index in [1.807, 2.05) is 30.3 Å². The van der Waals surface area contributed by atoms with Crippen molar-refractivity contribution in [2.75, 3.05) is 6.54 Å². The average Bonchev–Trinajstić information content (AvgIpc) is 2.84. The molecule has 10 nitrogen and oxygen atoms in total. The van der Waals surface area contributed by atoms with E-state index in [0.29, 0.717) is 6.42 Å². The van der Waals surface area contributed by atoms with Gasteiger partial charge in [-0.3, -0.25) is 19.2 Å². The smallest absolute Gasteiger partial charge is 0.326 e. The summed E-state index contributed by atoms with van der Waals surface area (Å²) in [7, 11) is 0. The van der Waals surface area contributed by atoms with Gasteiger partial charge in [0.15, 0.2) is 0 Å². The Morgan fingerprint density at radius 2 is 1.37 bits per heavy atom. The fraction of sp³-hybridized carbons (Fsp3) is 0.320. The zero-order valence-electron chi connectivity index (χ0n) is 19.2. The van der Waals surface area contributed by atoms with Crippen molar-refractivity contribution in [3.05, 3.63) is 71.8 Å². The minimum atomic E-state index is -1.34. The van der Waals surface area contributed by atoms with Crippen molar-refractivity contribution in [1.82, 2.24) is 16.0 Å². The first kappa shape index (κ1) is 27.0. The quantitative estimate of drug-likeness (QED) is 0.259. The molecular weight excluding hydrogens is 452 g/mol. The lowest BCUT2D eigenvalue weighted by Crippen LogP contribution is -2.54. The van der Waals surface area contributed by atoms with Crippen molar-refractivity contribution in [2.24, 2.45) is 5.73 Å². The minimum absolute atomic E-state index is 0.0997. The Morgan fingerprint density at radius 1 is 0.771 bits per heavy atom. The van der Waals surface area contributed by atoms with Crippen molar-refractivity contribution < 1.29 is 29.1 Å². The maximum absolute atomic E-state index is 12.8. The van der Waals surface area contributed by atoms with Crippen LogP contribution in [0.4, 0.5) is 0 Å². The number of amides is 4. The van der Waals surface area contributed by atoms with Gasteiger partial charge in [0.2, 0.25) is 23.6 Å². The fourth-order valence-electron chi connectivity index (χ4n) is 3.29. The summed E-state index contributed by atoms with van der Waals surface area (Å²) < 4.78 is 0. The third-order valence-corrected chi connectivity index (χ3v) is 5.16. The van der Waals surface area contributed by atoms with Gasteiger partial charge in [-0.05, 0) is 24.0 Å². The number of aryl methyl sites for hydroxylation is 1. The van der Waals surface area contributed by atoms with Crippen LogP contribution >= 0.6 is 0 Å². The summed E-state index contributed by atoms with van der Waals surface area (Å²) >= 11 is 0. The molecule has 0 saturated carbocycles. The van der Waals surface area contributed by atoms with Gasteiger partial charge in [0, 0.05) is 19.3 Å². The van der Waals surface area contributed by atoms with Crippen LogP contribution in [0.15, 0.2) is 60.7 Å². The monoisotopic (exact) mass is 482 g/mol. The number of hydrogen-bond acceptors (Lipinski definition) is 5. The predicted molar refractivity (Wildman–Crippen MR) is 128 cm³/mol. The summed E-state index contributed by atoms with van der Waals surface area (Å²) in [5, 5.41) is 16.8. The molecule has 0 bridgehead atoms. The van der Waals surface area contributed by atoms with E-state index in [1.165, 1.54) is 0 Å². The van der Waals surface area contributed by atoms with Crippen LogP contribution in [0.3, 0.4) is 0 Å². The van der Waals surface area contributed by atoms with Crippen molar-refractivity contribution in [3.8, 4) is 0 Å². The number of hydrogen-bond donors (Lipinski definition) is 5. The predicted octanol–water partition coefficient (Wildman–Crippen LogP) is 0.298. The molecule has 0 radical (unpaired) electrons. The SMILES string of the molecule is NC(=O)CC[C@H](NC(=O)[C@H](Cc1ccccc1)NC(=O)CNC(=O)CCc1ccccc1)C(=O)O. The van der Waals surface area contributed by atoms with E-state index in [1.54, 1.807) is 30.3 Å². The van der Waals surface area contributed by atoms with Crippen molar-refractivity contribution >= 4 is 29.6 Å². The summed E-state index contributed by atoms with van der Waals surface area (Å²) in [6, 6.07) is 15.9. The Hall–Kier alpha value is -4.21. The van der Waals surface area contributed by atoms with Crippen LogP contribution in [0.1, 0.15) is 30.4 Å². The third-order valence-electron chi connectivity index (χ3n) is 5.16. The van der Waals surface area contributed by atoms with Crippen LogP contribution in [0.25, 0.3) is 0 Å². The van der Waals surface area contributed by atoms with Crippen molar-refractivity contribution in [3.63, 3.8) is 0 Å². The van der Waals surface area contributed by atoms with Gasteiger partial charge in [-0.15, -0.1) is 0 Å². The normalized spacial score (nSPS) is 12.1. The molecule has 0 aliphatic rings. The molecule has 0 spiro atoms. The first-order chi connectivity index (χ1) is 16.7. The van der Waals surface area contributed by atoms with E-state index >= 15 is 0 Å². The number of primary amides is 1. The number of carbonyl (C=O) groups excluding carboxylic acids is 4. The van der Waals surface area contributed by atoms with Gasteiger partial charge in [-0.1, -0.05) is 60.7 Å². The van der Waals surface area contributed by atoms with E-state index in [9.17, 15) is 29.1 Å². The number of nitrogens with one attached hydrogen (secondary N) is 3. The zero-order valence-corrected chi connectivity index (χ0v) is 19.2. The lowest BCUT2D eigenvalue weighted by molar-refractivity contribution is -0.142. The van der Waals surface area contributed by atoms with Gasteiger partial charge in [-0.2, -0.15) is 0 Å². The maximum atomic E-state index is 12.8. The van der Waals surface area contributed by atoms with Crippen molar-refractivity contribution in [1.29, 1.82) is 0 Å². The Bertz CT molecular complexity index is 1010. The summed E-state index contributed by atoms with van der Waals surface area (Å²) in [5.74, 6) is -3.66. The van der Waals surface area contributed by atoms with Crippen LogP contribution < -0.4 is 21.7 Å². The van der Waals surface area contributed by atoms with Gasteiger partial charge >= 0.3 is 5.97 Å². The number of benzene rings is 2. The molecule has 35 heavy (non-hydrogen) atoms. The highest BCUT2D eigenvalue weighted by Gasteiger charge is 2.27. The zero-order chi connectivity index (χ0) is 25.6. The second-order valence-corrected chi connectivity index (χ2v) is 7.98. The number of aliphatic carboxylic acids is 1. The van der Waals surface area contributed by atoms with Gasteiger partial charge < -0.3 is 26.8 Å². The molecule has 4 amide bonds. The Morgan fingerprint density at radius 3 is 1.94 bits per heavy atom. The van der Waals surface area contributed by atoms with Crippen molar-refractivity contribution in [2.45, 2.75) is 44.2 Å². The molecule has 2 aromatic rings. The number of carbonyl (C=O) groups is 5. The Kier molecular flexibility index (Phi) is 10.9. The van der Waals surface area contributed by atoms with Gasteiger partial charge in [0.25, 0.3) is 0 Å². The number of carboxylic acid groups (broad SMARTS) is 1. The van der Waals surface area contributed by atoms with E-state index < -0.39 is 35.8 Å². The summed E-state index contributed by atoms with van der Waals surface area (Å²) in [4.78, 5) is 59.9. The van der Waals surface area contributed by atoms with E-state index in [-0.39, 0.29) is 38.1 Å². The Balaban J connectivity index is 1.96. The lowest BCUT2D eigenvalue weighted by atomic mass is 10.0. The molecule has 0 aliphatic carbocycles. The molecule has 2 atom stereocenters. The van der Waals surface area contributed by atoms with E-state index in [0.717, 1.165) is 11.1 Å². The van der Waals surface area contributed by atoms with Gasteiger partial charge in [0.1, 0.15) is 12.1 Å². The molecule has 0 saturated heterocycles. The molecule has 0 heterocycles. The molecule has 2 aromatic carbocycles. The Labute approximate surface area is 203 Å². The second-order valence-electron chi connectivity index (χ2n) is 7.98. The number of rotatable bonds is 14. The van der Waals surface area contributed by atoms with Crippen LogP contribution in [0.2, 0.25) is 0 Å². The number of carboxylic acids is 1. The highest BCUT2D eigenvalue weighted by molar-refractivity contribution is 5.92. The van der Waals surface area contributed by atoms with Gasteiger partial charge in [-0.25, -0.2) is 4.79 Å². The second kappa shape index (κ2) is 14.1. The highest BCUT2D eigenvalue weighted by atomic mass is 16.4. The topological polar surface area (TPSA) is 168 Å². The first-order valence-electron chi connectivity index (χ1n) is 11.2. The summed E-state index contributed by atoms with van der Waals surface area (Å²) in [6.07, 6.45) is 0.422. The summed E-state index contributed by atoms with van der Waals surface area (Å²) in [5.41, 5.74) is 6.81. The molecule has 186 valence electrons. The third kappa shape index (κ3) is 10.5. The molecule has 0 aliphatic heterocycles. The average molecular weight is 483 g/mol. The van der Waals surface area contributed by atoms with Crippen LogP contribution in [-0.4, -0.2) is 53.3 Å². The molecule has 6 N–H and O–H groups in total. The molecule has 0 unspecified atom stereocenters. The van der Waals surface area contributed by atoms with Crippen LogP contribution in [0.5, 0.6) is 0 Å². The minimum Gasteiger partial charge on any atom is -0.480 e. The first-order valence-corrected chi connectivity index (χ1v) is 11.2.